The Kier molecular flexibility index (Phi) is 6.93. The van der Waals surface area contributed by atoms with E-state index in [-0.39, 0.29) is 5.91 Å². The number of nitrogens with one attached hydrogen (secondary N) is 2. The van der Waals surface area contributed by atoms with Gasteiger partial charge in [0, 0.05) is 33.4 Å². The smallest absolute Gasteiger partial charge is 0.309 e. The lowest BCUT2D eigenvalue weighted by molar-refractivity contribution is -0.782. The van der Waals surface area contributed by atoms with Crippen molar-refractivity contribution in [3.05, 3.63) is 29.3 Å². The molecule has 0 bridgehead atoms. The van der Waals surface area contributed by atoms with Crippen LogP contribution >= 0.6 is 27.3 Å². The van der Waals surface area contributed by atoms with Crippen molar-refractivity contribution >= 4 is 47.1 Å². The number of ether oxygens (including phenoxy) is 1. The Hall–Kier alpha value is -1.95. The molecule has 154 valence electrons. The van der Waals surface area contributed by atoms with Crippen molar-refractivity contribution in [2.75, 3.05) is 11.9 Å². The number of carbonyl (C=O) groups is 1. The van der Waals surface area contributed by atoms with Gasteiger partial charge in [-0.25, -0.2) is 9.97 Å². The molecule has 0 atom stereocenters. The Bertz CT molecular complexity index is 1000. The van der Waals surface area contributed by atoms with E-state index in [0.29, 0.717) is 23.0 Å². The molecule has 2 N–H and O–H groups in total. The average molecular weight is 496 g/mol. The molecule has 11 heteroatoms. The third kappa shape index (κ3) is 6.26. The molecule has 3 rings (SSSR count). The van der Waals surface area contributed by atoms with Crippen LogP contribution in [0.15, 0.2) is 29.3 Å². The topological polar surface area (TPSA) is 96.7 Å². The first-order valence-electron chi connectivity index (χ1n) is 9.14. The van der Waals surface area contributed by atoms with Gasteiger partial charge >= 0.3 is 6.33 Å². The zero-order valence-electron chi connectivity index (χ0n) is 16.8. The average Bonchev–Trinajstić information content (AvgIpc) is 3.24. The van der Waals surface area contributed by atoms with Gasteiger partial charge in [0.15, 0.2) is 0 Å². The van der Waals surface area contributed by atoms with Crippen molar-refractivity contribution in [3.8, 4) is 21.3 Å². The van der Waals surface area contributed by atoms with Gasteiger partial charge in [-0.2, -0.15) is 5.10 Å². The van der Waals surface area contributed by atoms with E-state index < -0.39 is 8.07 Å². The summed E-state index contributed by atoms with van der Waals surface area (Å²) in [5.41, 5.74) is 0.870. The molecule has 0 aliphatic heterocycles. The minimum Gasteiger partial charge on any atom is -0.341 e. The van der Waals surface area contributed by atoms with Gasteiger partial charge in [0.25, 0.3) is 5.82 Å². The van der Waals surface area contributed by atoms with Crippen molar-refractivity contribution in [2.45, 2.75) is 39.3 Å². The molecule has 29 heavy (non-hydrogen) atoms. The highest BCUT2D eigenvalue weighted by molar-refractivity contribution is 9.10. The second-order valence-corrected chi connectivity index (χ2v) is 15.1. The Labute approximate surface area is 182 Å². The zero-order valence-corrected chi connectivity index (χ0v) is 20.2. The van der Waals surface area contributed by atoms with Crippen LogP contribution in [0.3, 0.4) is 0 Å². The maximum absolute atomic E-state index is 11.3. The van der Waals surface area contributed by atoms with E-state index in [0.717, 1.165) is 28.1 Å². The van der Waals surface area contributed by atoms with E-state index in [1.807, 2.05) is 10.7 Å². The number of thiazole rings is 1. The van der Waals surface area contributed by atoms with E-state index in [2.05, 4.69) is 60.9 Å². The van der Waals surface area contributed by atoms with Crippen LogP contribution in [0.1, 0.15) is 6.92 Å². The van der Waals surface area contributed by atoms with Gasteiger partial charge in [-0.1, -0.05) is 19.6 Å². The summed E-state index contributed by atoms with van der Waals surface area (Å²) in [6, 6.07) is 4.78. The van der Waals surface area contributed by atoms with Crippen LogP contribution in [0, 0.1) is 0 Å². The van der Waals surface area contributed by atoms with Gasteiger partial charge in [-0.05, 0) is 39.1 Å². The second kappa shape index (κ2) is 9.24. The summed E-state index contributed by atoms with van der Waals surface area (Å²) in [5, 5.41) is 6.72. The Morgan fingerprint density at radius 2 is 2.17 bits per heavy atom. The summed E-state index contributed by atoms with van der Waals surface area (Å²) in [6.07, 6.45) is 3.37. The minimum atomic E-state index is -1.09. The molecular weight excluding hydrogens is 472 g/mol. The predicted molar refractivity (Wildman–Crippen MR) is 119 cm³/mol. The van der Waals surface area contributed by atoms with Gasteiger partial charge in [-0.15, -0.1) is 16.0 Å². The largest absolute Gasteiger partial charge is 0.341 e. The molecule has 0 spiro atoms. The number of rotatable bonds is 8. The summed E-state index contributed by atoms with van der Waals surface area (Å²) < 4.78 is 8.27. The number of pyridine rings is 1. The SMILES string of the molecule is CC(=O)Nc1cc(-c2nc(Br)c(-c3nc[n+](COCC[Si](C)(C)C)[nH]3)s2)ccn1. The highest BCUT2D eigenvalue weighted by Gasteiger charge is 2.20. The number of anilines is 1. The van der Waals surface area contributed by atoms with Crippen LogP contribution in [0.4, 0.5) is 5.82 Å². The highest BCUT2D eigenvalue weighted by Crippen LogP contribution is 2.36. The fourth-order valence-electron chi connectivity index (χ4n) is 2.42. The van der Waals surface area contributed by atoms with E-state index in [1.165, 1.54) is 18.3 Å². The molecule has 0 aliphatic rings. The number of hydrogen-bond acceptors (Lipinski definition) is 6. The Balaban J connectivity index is 1.71. The standard InChI is InChI=1S/C18H23BrN6O2SSi/c1-12(26)22-14-9-13(5-6-20-14)18-23-16(19)15(28-18)17-21-10-25(24-17)11-27-7-8-29(2,3)4/h5-6,9-10H,7-8,11H2,1-4H3,(H,20,22,26)/p+1. The molecule has 3 aromatic rings. The molecule has 0 saturated carbocycles. The summed E-state index contributed by atoms with van der Waals surface area (Å²) in [5.74, 6) is 1.04. The van der Waals surface area contributed by atoms with Crippen LogP contribution in [0.25, 0.3) is 21.3 Å². The number of amides is 1. The molecular formula is C18H24BrN6O2SSi+. The molecule has 0 aromatic carbocycles. The highest BCUT2D eigenvalue weighted by atomic mass is 79.9. The van der Waals surface area contributed by atoms with Crippen molar-refractivity contribution in [2.24, 2.45) is 0 Å². The lowest BCUT2D eigenvalue weighted by Gasteiger charge is -2.14. The second-order valence-electron chi connectivity index (χ2n) is 7.77. The summed E-state index contributed by atoms with van der Waals surface area (Å²) in [6.45, 7) is 9.64. The van der Waals surface area contributed by atoms with E-state index in [1.54, 1.807) is 18.6 Å². The number of aromatic nitrogens is 5. The molecule has 0 aliphatic carbocycles. The summed E-state index contributed by atoms with van der Waals surface area (Å²) >= 11 is 5.02. The zero-order chi connectivity index (χ0) is 21.0. The number of hydrogen-bond donors (Lipinski definition) is 2. The summed E-state index contributed by atoms with van der Waals surface area (Å²) in [4.78, 5) is 25.3. The number of nitrogens with zero attached hydrogens (tertiary/aromatic N) is 4. The van der Waals surface area contributed by atoms with Crippen molar-refractivity contribution in [1.29, 1.82) is 0 Å². The Morgan fingerprint density at radius 1 is 1.38 bits per heavy atom. The van der Waals surface area contributed by atoms with Gasteiger partial charge in [-0.3, -0.25) is 4.79 Å². The Morgan fingerprint density at radius 3 is 2.90 bits per heavy atom. The first-order chi connectivity index (χ1) is 13.7. The van der Waals surface area contributed by atoms with Crippen molar-refractivity contribution in [3.63, 3.8) is 0 Å². The molecule has 3 aromatic heterocycles. The van der Waals surface area contributed by atoms with E-state index in [9.17, 15) is 4.79 Å². The van der Waals surface area contributed by atoms with Crippen molar-refractivity contribution < 1.29 is 14.2 Å². The van der Waals surface area contributed by atoms with Crippen molar-refractivity contribution in [1.82, 2.24) is 20.1 Å². The fourth-order valence-corrected chi connectivity index (χ4v) is 4.80. The van der Waals surface area contributed by atoms with Crippen LogP contribution in [-0.2, 0) is 16.3 Å². The third-order valence-corrected chi connectivity index (χ3v) is 7.57. The number of aromatic amines is 1. The molecule has 0 saturated heterocycles. The first-order valence-corrected chi connectivity index (χ1v) is 14.5. The maximum Gasteiger partial charge on any atom is 0.309 e. The third-order valence-electron chi connectivity index (χ3n) is 3.91. The van der Waals surface area contributed by atoms with Crippen LogP contribution < -0.4 is 10.00 Å². The number of halogens is 1. The normalized spacial score (nSPS) is 11.6. The number of H-pyrrole nitrogens is 1. The molecule has 3 heterocycles. The van der Waals surface area contributed by atoms with Gasteiger partial charge in [0.2, 0.25) is 12.6 Å². The molecule has 0 fully saturated rings. The van der Waals surface area contributed by atoms with Gasteiger partial charge in [0.05, 0.1) is 0 Å². The minimum absolute atomic E-state index is 0.164. The van der Waals surface area contributed by atoms with E-state index >= 15 is 0 Å². The fraction of sp³-hybridized carbons (Fsp3) is 0.389. The molecule has 0 unspecified atom stereocenters. The van der Waals surface area contributed by atoms with Crippen LogP contribution in [-0.4, -0.2) is 40.6 Å². The molecule has 1 amide bonds. The number of carbonyl (C=O) groups excluding carboxylic acids is 1. The van der Waals surface area contributed by atoms with Gasteiger partial charge < -0.3 is 10.1 Å². The van der Waals surface area contributed by atoms with Crippen LogP contribution in [0.2, 0.25) is 25.7 Å². The van der Waals surface area contributed by atoms with Crippen LogP contribution in [0.5, 0.6) is 0 Å². The maximum atomic E-state index is 11.3. The molecule has 8 nitrogen and oxygen atoms in total. The van der Waals surface area contributed by atoms with E-state index in [4.69, 9.17) is 4.74 Å². The lowest BCUT2D eigenvalue weighted by atomic mass is 10.3. The molecule has 0 radical (unpaired) electrons. The predicted octanol–water partition coefficient (Wildman–Crippen LogP) is 3.92. The monoisotopic (exact) mass is 495 g/mol. The summed E-state index contributed by atoms with van der Waals surface area (Å²) in [7, 11) is -1.09. The first kappa shape index (κ1) is 21.7. The quantitative estimate of drug-likeness (QED) is 0.280. The van der Waals surface area contributed by atoms with Gasteiger partial charge in [0.1, 0.15) is 20.3 Å². The lowest BCUT2D eigenvalue weighted by Crippen LogP contribution is -2.37.